The Bertz CT molecular complexity index is 377. The van der Waals surface area contributed by atoms with E-state index in [-0.39, 0.29) is 5.91 Å². The molecular formula is C12H15Cl2NO. The standard InChI is InChI=1S/C12H15Cl2NO/c1-8(2)3-6-12(16)15-11-5-4-9(13)7-10(11)14/h4-5,7-8H,3,6H2,1-2H3,(H,15,16). The average molecular weight is 260 g/mol. The smallest absolute Gasteiger partial charge is 0.224 e. The lowest BCUT2D eigenvalue weighted by Gasteiger charge is -2.08. The van der Waals surface area contributed by atoms with Gasteiger partial charge in [0.15, 0.2) is 0 Å². The Hall–Kier alpha value is -0.730. The zero-order chi connectivity index (χ0) is 12.1. The van der Waals surface area contributed by atoms with Crippen molar-refractivity contribution < 1.29 is 4.79 Å². The second-order valence-corrected chi connectivity index (χ2v) is 4.95. The summed E-state index contributed by atoms with van der Waals surface area (Å²) < 4.78 is 0. The topological polar surface area (TPSA) is 29.1 Å². The lowest BCUT2D eigenvalue weighted by atomic mass is 10.1. The minimum Gasteiger partial charge on any atom is -0.325 e. The molecule has 1 rings (SSSR count). The predicted octanol–water partition coefficient (Wildman–Crippen LogP) is 4.37. The highest BCUT2D eigenvalue weighted by atomic mass is 35.5. The molecule has 0 fully saturated rings. The Labute approximate surface area is 106 Å². The van der Waals surface area contributed by atoms with Crippen LogP contribution in [0.15, 0.2) is 18.2 Å². The van der Waals surface area contributed by atoms with Crippen LogP contribution in [-0.2, 0) is 4.79 Å². The molecule has 1 amide bonds. The molecule has 0 bridgehead atoms. The number of carbonyl (C=O) groups excluding carboxylic acids is 1. The summed E-state index contributed by atoms with van der Waals surface area (Å²) in [6.45, 7) is 4.17. The van der Waals surface area contributed by atoms with Crippen LogP contribution >= 0.6 is 23.2 Å². The molecule has 0 radical (unpaired) electrons. The monoisotopic (exact) mass is 259 g/mol. The third-order valence-corrected chi connectivity index (χ3v) is 2.70. The van der Waals surface area contributed by atoms with Crippen LogP contribution < -0.4 is 5.32 Å². The Balaban J connectivity index is 2.56. The number of anilines is 1. The maximum atomic E-state index is 11.6. The van der Waals surface area contributed by atoms with Crippen LogP contribution in [0.5, 0.6) is 0 Å². The van der Waals surface area contributed by atoms with Crippen LogP contribution in [-0.4, -0.2) is 5.91 Å². The van der Waals surface area contributed by atoms with Gasteiger partial charge in [0, 0.05) is 11.4 Å². The van der Waals surface area contributed by atoms with Gasteiger partial charge in [0.25, 0.3) is 0 Å². The first-order valence-corrected chi connectivity index (χ1v) is 5.99. The highest BCUT2D eigenvalue weighted by molar-refractivity contribution is 6.36. The van der Waals surface area contributed by atoms with E-state index in [9.17, 15) is 4.79 Å². The van der Waals surface area contributed by atoms with Gasteiger partial charge < -0.3 is 5.32 Å². The molecule has 1 N–H and O–H groups in total. The van der Waals surface area contributed by atoms with Crippen LogP contribution in [0.1, 0.15) is 26.7 Å². The van der Waals surface area contributed by atoms with E-state index >= 15 is 0 Å². The Kier molecular flexibility index (Phi) is 5.10. The van der Waals surface area contributed by atoms with Crippen molar-refractivity contribution in [2.45, 2.75) is 26.7 Å². The van der Waals surface area contributed by atoms with Crippen LogP contribution in [0.4, 0.5) is 5.69 Å². The summed E-state index contributed by atoms with van der Waals surface area (Å²) in [5.74, 6) is 0.504. The lowest BCUT2D eigenvalue weighted by molar-refractivity contribution is -0.116. The van der Waals surface area contributed by atoms with Gasteiger partial charge in [-0.2, -0.15) is 0 Å². The molecule has 0 unspecified atom stereocenters. The normalized spacial score (nSPS) is 10.6. The molecule has 0 aromatic heterocycles. The molecule has 0 aliphatic heterocycles. The Morgan fingerprint density at radius 2 is 2.06 bits per heavy atom. The van der Waals surface area contributed by atoms with E-state index in [1.807, 2.05) is 0 Å². The molecular weight excluding hydrogens is 245 g/mol. The summed E-state index contributed by atoms with van der Waals surface area (Å²) >= 11 is 11.7. The van der Waals surface area contributed by atoms with Crippen molar-refractivity contribution in [1.29, 1.82) is 0 Å². The first kappa shape index (κ1) is 13.3. The van der Waals surface area contributed by atoms with E-state index in [0.717, 1.165) is 6.42 Å². The number of hydrogen-bond donors (Lipinski definition) is 1. The molecule has 0 aliphatic carbocycles. The third-order valence-electron chi connectivity index (χ3n) is 2.15. The van der Waals surface area contributed by atoms with E-state index in [0.29, 0.717) is 28.1 Å². The molecule has 88 valence electrons. The van der Waals surface area contributed by atoms with Crippen molar-refractivity contribution >= 4 is 34.8 Å². The highest BCUT2D eigenvalue weighted by Crippen LogP contribution is 2.25. The van der Waals surface area contributed by atoms with Crippen LogP contribution in [0.2, 0.25) is 10.0 Å². The molecule has 0 aliphatic rings. The van der Waals surface area contributed by atoms with E-state index in [4.69, 9.17) is 23.2 Å². The Morgan fingerprint density at radius 1 is 1.38 bits per heavy atom. The first-order valence-electron chi connectivity index (χ1n) is 5.24. The second-order valence-electron chi connectivity index (χ2n) is 4.10. The lowest BCUT2D eigenvalue weighted by Crippen LogP contribution is -2.12. The van der Waals surface area contributed by atoms with Crippen molar-refractivity contribution in [3.05, 3.63) is 28.2 Å². The van der Waals surface area contributed by atoms with E-state index in [1.165, 1.54) is 0 Å². The Morgan fingerprint density at radius 3 is 2.62 bits per heavy atom. The molecule has 4 heteroatoms. The van der Waals surface area contributed by atoms with Gasteiger partial charge in [-0.15, -0.1) is 0 Å². The minimum absolute atomic E-state index is 0.0158. The minimum atomic E-state index is -0.0158. The van der Waals surface area contributed by atoms with Crippen molar-refractivity contribution in [3.8, 4) is 0 Å². The number of benzene rings is 1. The summed E-state index contributed by atoms with van der Waals surface area (Å²) in [4.78, 5) is 11.6. The second kappa shape index (κ2) is 6.12. The van der Waals surface area contributed by atoms with Gasteiger partial charge in [0.2, 0.25) is 5.91 Å². The van der Waals surface area contributed by atoms with Crippen molar-refractivity contribution in [2.24, 2.45) is 5.92 Å². The zero-order valence-electron chi connectivity index (χ0n) is 9.39. The number of nitrogens with one attached hydrogen (secondary N) is 1. The maximum Gasteiger partial charge on any atom is 0.224 e. The van der Waals surface area contributed by atoms with Crippen molar-refractivity contribution in [1.82, 2.24) is 0 Å². The molecule has 0 saturated heterocycles. The predicted molar refractivity (Wildman–Crippen MR) is 69.2 cm³/mol. The maximum absolute atomic E-state index is 11.6. The van der Waals surface area contributed by atoms with Gasteiger partial charge >= 0.3 is 0 Å². The van der Waals surface area contributed by atoms with Gasteiger partial charge in [-0.1, -0.05) is 37.0 Å². The molecule has 0 heterocycles. The average Bonchev–Trinajstić information content (AvgIpc) is 2.19. The van der Waals surface area contributed by atoms with Crippen molar-refractivity contribution in [3.63, 3.8) is 0 Å². The molecule has 1 aromatic carbocycles. The van der Waals surface area contributed by atoms with E-state index < -0.39 is 0 Å². The van der Waals surface area contributed by atoms with E-state index in [2.05, 4.69) is 19.2 Å². The van der Waals surface area contributed by atoms with Crippen LogP contribution in [0, 0.1) is 5.92 Å². The summed E-state index contributed by atoms with van der Waals surface area (Å²) in [5, 5.41) is 3.79. The number of carbonyl (C=O) groups is 1. The summed E-state index contributed by atoms with van der Waals surface area (Å²) in [5.41, 5.74) is 0.611. The number of rotatable bonds is 4. The van der Waals surface area contributed by atoms with Gasteiger partial charge in [0.05, 0.1) is 10.7 Å². The van der Waals surface area contributed by atoms with Gasteiger partial charge in [-0.05, 0) is 30.5 Å². The van der Waals surface area contributed by atoms with Crippen LogP contribution in [0.3, 0.4) is 0 Å². The van der Waals surface area contributed by atoms with Gasteiger partial charge in [-0.3, -0.25) is 4.79 Å². The zero-order valence-corrected chi connectivity index (χ0v) is 10.9. The van der Waals surface area contributed by atoms with E-state index in [1.54, 1.807) is 18.2 Å². The molecule has 0 spiro atoms. The number of amides is 1. The molecule has 0 saturated carbocycles. The van der Waals surface area contributed by atoms with Gasteiger partial charge in [0.1, 0.15) is 0 Å². The molecule has 2 nitrogen and oxygen atoms in total. The first-order chi connectivity index (χ1) is 7.49. The summed E-state index contributed by atoms with van der Waals surface area (Å²) in [6, 6.07) is 5.02. The largest absolute Gasteiger partial charge is 0.325 e. The molecule has 16 heavy (non-hydrogen) atoms. The fraction of sp³-hybridized carbons (Fsp3) is 0.417. The number of halogens is 2. The molecule has 1 aromatic rings. The molecule has 0 atom stereocenters. The quantitative estimate of drug-likeness (QED) is 0.855. The van der Waals surface area contributed by atoms with Crippen molar-refractivity contribution in [2.75, 3.05) is 5.32 Å². The van der Waals surface area contributed by atoms with Gasteiger partial charge in [-0.25, -0.2) is 0 Å². The van der Waals surface area contributed by atoms with Crippen LogP contribution in [0.25, 0.3) is 0 Å². The fourth-order valence-corrected chi connectivity index (χ4v) is 1.68. The summed E-state index contributed by atoms with van der Waals surface area (Å²) in [7, 11) is 0. The third kappa shape index (κ3) is 4.42. The summed E-state index contributed by atoms with van der Waals surface area (Å²) in [6.07, 6.45) is 1.38. The SMILES string of the molecule is CC(C)CCC(=O)Nc1ccc(Cl)cc1Cl. The fourth-order valence-electron chi connectivity index (χ4n) is 1.22. The highest BCUT2D eigenvalue weighted by Gasteiger charge is 2.07. The number of hydrogen-bond acceptors (Lipinski definition) is 1.